The monoisotopic (exact) mass is 353 g/mol. The Morgan fingerprint density at radius 1 is 1.09 bits per heavy atom. The van der Waals surface area contributed by atoms with E-state index in [0.717, 1.165) is 6.54 Å². The molecule has 5 nitrogen and oxygen atoms in total. The molecular formula is C16H20ClN3O2S. The van der Waals surface area contributed by atoms with Crippen molar-refractivity contribution < 1.29 is 9.59 Å². The second-order valence-electron chi connectivity index (χ2n) is 5.04. The van der Waals surface area contributed by atoms with E-state index in [9.17, 15) is 9.59 Å². The van der Waals surface area contributed by atoms with Gasteiger partial charge in [-0.3, -0.25) is 9.59 Å². The third kappa shape index (κ3) is 5.67. The molecule has 0 spiro atoms. The fourth-order valence-corrected chi connectivity index (χ4v) is 2.49. The van der Waals surface area contributed by atoms with Gasteiger partial charge in [0.2, 0.25) is 0 Å². The highest BCUT2D eigenvalue weighted by molar-refractivity contribution is 7.12. The minimum atomic E-state index is -0.205. The molecule has 1 aromatic heterocycles. The van der Waals surface area contributed by atoms with E-state index in [1.54, 1.807) is 30.3 Å². The summed E-state index contributed by atoms with van der Waals surface area (Å²) in [4.78, 5) is 27.0. The van der Waals surface area contributed by atoms with E-state index in [1.807, 2.05) is 30.4 Å². The van der Waals surface area contributed by atoms with Gasteiger partial charge >= 0.3 is 0 Å². The van der Waals surface area contributed by atoms with Crippen molar-refractivity contribution in [3.8, 4) is 0 Å². The number of hydrogen-bond acceptors (Lipinski definition) is 4. The van der Waals surface area contributed by atoms with Gasteiger partial charge in [0, 0.05) is 13.1 Å². The number of carbonyl (C=O) groups excluding carboxylic acids is 2. The van der Waals surface area contributed by atoms with Crippen LogP contribution in [0, 0.1) is 0 Å². The summed E-state index contributed by atoms with van der Waals surface area (Å²) in [6.45, 7) is 1.31. The van der Waals surface area contributed by atoms with Crippen molar-refractivity contribution in [3.05, 3.63) is 52.2 Å². The van der Waals surface area contributed by atoms with Crippen LogP contribution >= 0.6 is 23.7 Å². The molecule has 124 valence electrons. The van der Waals surface area contributed by atoms with E-state index in [0.29, 0.717) is 22.7 Å². The van der Waals surface area contributed by atoms with Crippen LogP contribution < -0.4 is 10.6 Å². The number of carbonyl (C=O) groups is 2. The zero-order valence-corrected chi connectivity index (χ0v) is 14.7. The number of likely N-dealkylation sites (N-methyl/N-ethyl adjacent to an activating group) is 1. The fraction of sp³-hybridized carbons (Fsp3) is 0.250. The van der Waals surface area contributed by atoms with Crippen LogP contribution in [-0.2, 0) is 0 Å². The van der Waals surface area contributed by atoms with Crippen LogP contribution in [0.4, 0.5) is 5.69 Å². The summed E-state index contributed by atoms with van der Waals surface area (Å²) < 4.78 is 0. The van der Waals surface area contributed by atoms with Gasteiger partial charge in [-0.25, -0.2) is 0 Å². The second kappa shape index (κ2) is 9.29. The molecule has 23 heavy (non-hydrogen) atoms. The molecule has 0 unspecified atom stereocenters. The summed E-state index contributed by atoms with van der Waals surface area (Å²) in [5, 5.41) is 7.48. The largest absolute Gasteiger partial charge is 0.351 e. The van der Waals surface area contributed by atoms with Crippen molar-refractivity contribution >= 4 is 41.2 Å². The fourth-order valence-electron chi connectivity index (χ4n) is 1.87. The zero-order valence-electron chi connectivity index (χ0n) is 13.0. The number of nitrogens with zero attached hydrogens (tertiary/aromatic N) is 1. The molecule has 2 N–H and O–H groups in total. The highest BCUT2D eigenvalue weighted by Crippen LogP contribution is 2.17. The molecule has 0 fully saturated rings. The molecular weight excluding hydrogens is 334 g/mol. The molecule has 0 aliphatic carbocycles. The third-order valence-electron chi connectivity index (χ3n) is 3.01. The van der Waals surface area contributed by atoms with Crippen molar-refractivity contribution in [2.45, 2.75) is 0 Å². The number of rotatable bonds is 6. The number of benzene rings is 1. The quantitative estimate of drug-likeness (QED) is 0.839. The molecule has 2 aromatic rings. The van der Waals surface area contributed by atoms with Gasteiger partial charge in [0.05, 0.1) is 16.1 Å². The molecule has 0 aliphatic heterocycles. The number of para-hydroxylation sites is 1. The normalized spacial score (nSPS) is 10.0. The first-order valence-corrected chi connectivity index (χ1v) is 7.82. The SMILES string of the molecule is CN(C)CCNC(=O)c1ccccc1NC(=O)c1cccs1.Cl. The van der Waals surface area contributed by atoms with E-state index >= 15 is 0 Å². The number of halogens is 1. The molecule has 0 bridgehead atoms. The van der Waals surface area contributed by atoms with Gasteiger partial charge in [0.15, 0.2) is 0 Å². The van der Waals surface area contributed by atoms with Gasteiger partial charge in [0.1, 0.15) is 0 Å². The molecule has 1 heterocycles. The van der Waals surface area contributed by atoms with Crippen LogP contribution in [0.2, 0.25) is 0 Å². The Labute approximate surface area is 146 Å². The van der Waals surface area contributed by atoms with Crippen molar-refractivity contribution in [2.24, 2.45) is 0 Å². The average molecular weight is 354 g/mol. The molecule has 0 aliphatic rings. The summed E-state index contributed by atoms with van der Waals surface area (Å²) in [5.41, 5.74) is 0.981. The molecule has 7 heteroatoms. The van der Waals surface area contributed by atoms with Crippen LogP contribution in [0.15, 0.2) is 41.8 Å². The van der Waals surface area contributed by atoms with Gasteiger partial charge in [-0.1, -0.05) is 18.2 Å². The Bertz CT molecular complexity index is 645. The van der Waals surface area contributed by atoms with E-state index in [2.05, 4.69) is 10.6 Å². The lowest BCUT2D eigenvalue weighted by Crippen LogP contribution is -2.31. The number of thiophene rings is 1. The number of nitrogens with one attached hydrogen (secondary N) is 2. The minimum Gasteiger partial charge on any atom is -0.351 e. The maximum atomic E-state index is 12.2. The summed E-state index contributed by atoms with van der Waals surface area (Å²) in [5.74, 6) is -0.396. The number of anilines is 1. The van der Waals surface area contributed by atoms with Gasteiger partial charge < -0.3 is 15.5 Å². The van der Waals surface area contributed by atoms with E-state index in [4.69, 9.17) is 0 Å². The van der Waals surface area contributed by atoms with Crippen molar-refractivity contribution in [2.75, 3.05) is 32.5 Å². The summed E-state index contributed by atoms with van der Waals surface area (Å²) in [6.07, 6.45) is 0. The van der Waals surface area contributed by atoms with Gasteiger partial charge in [-0.15, -0.1) is 23.7 Å². The first-order chi connectivity index (χ1) is 10.6. The van der Waals surface area contributed by atoms with Crippen LogP contribution in [-0.4, -0.2) is 43.9 Å². The Morgan fingerprint density at radius 3 is 2.48 bits per heavy atom. The van der Waals surface area contributed by atoms with E-state index < -0.39 is 0 Å². The van der Waals surface area contributed by atoms with Crippen LogP contribution in [0.25, 0.3) is 0 Å². The Kier molecular flexibility index (Phi) is 7.74. The lowest BCUT2D eigenvalue weighted by molar-refractivity contribution is 0.0952. The predicted octanol–water partition coefficient (Wildman–Crippen LogP) is 2.71. The standard InChI is InChI=1S/C16H19N3O2S.ClH/c1-19(2)10-9-17-15(20)12-6-3-4-7-13(12)18-16(21)14-8-5-11-22-14;/h3-8,11H,9-10H2,1-2H3,(H,17,20)(H,18,21);1H. The molecule has 0 saturated heterocycles. The predicted molar refractivity (Wildman–Crippen MR) is 96.8 cm³/mol. The number of amides is 2. The summed E-state index contributed by atoms with van der Waals surface area (Å²) >= 11 is 1.36. The van der Waals surface area contributed by atoms with E-state index in [1.165, 1.54) is 11.3 Å². The summed E-state index contributed by atoms with van der Waals surface area (Å²) in [6, 6.07) is 10.6. The van der Waals surface area contributed by atoms with Crippen LogP contribution in [0.1, 0.15) is 20.0 Å². The summed E-state index contributed by atoms with van der Waals surface area (Å²) in [7, 11) is 3.89. The molecule has 1 aromatic carbocycles. The van der Waals surface area contributed by atoms with Gasteiger partial charge in [-0.05, 0) is 37.7 Å². The highest BCUT2D eigenvalue weighted by Gasteiger charge is 2.14. The van der Waals surface area contributed by atoms with E-state index in [-0.39, 0.29) is 24.2 Å². The maximum Gasteiger partial charge on any atom is 0.265 e. The minimum absolute atomic E-state index is 0. The van der Waals surface area contributed by atoms with Crippen molar-refractivity contribution in [1.82, 2.24) is 10.2 Å². The lowest BCUT2D eigenvalue weighted by Gasteiger charge is -2.13. The average Bonchev–Trinajstić information content (AvgIpc) is 3.01. The smallest absolute Gasteiger partial charge is 0.265 e. The van der Waals surface area contributed by atoms with Crippen molar-refractivity contribution in [1.29, 1.82) is 0 Å². The van der Waals surface area contributed by atoms with Gasteiger partial charge in [-0.2, -0.15) is 0 Å². The number of hydrogen-bond donors (Lipinski definition) is 2. The molecule has 0 saturated carbocycles. The van der Waals surface area contributed by atoms with Crippen molar-refractivity contribution in [3.63, 3.8) is 0 Å². The van der Waals surface area contributed by atoms with Crippen LogP contribution in [0.5, 0.6) is 0 Å². The molecule has 2 amide bonds. The van der Waals surface area contributed by atoms with Crippen LogP contribution in [0.3, 0.4) is 0 Å². The molecule has 0 atom stereocenters. The van der Waals surface area contributed by atoms with Gasteiger partial charge in [0.25, 0.3) is 11.8 Å². The first-order valence-electron chi connectivity index (χ1n) is 6.94. The second-order valence-corrected chi connectivity index (χ2v) is 5.98. The maximum absolute atomic E-state index is 12.2. The lowest BCUT2D eigenvalue weighted by atomic mass is 10.1. The third-order valence-corrected chi connectivity index (χ3v) is 3.88. The Hall–Kier alpha value is -1.89. The zero-order chi connectivity index (χ0) is 15.9. The topological polar surface area (TPSA) is 61.4 Å². The Balaban J connectivity index is 0.00000264. The highest BCUT2D eigenvalue weighted by atomic mass is 35.5. The molecule has 2 rings (SSSR count). The first kappa shape index (κ1) is 19.2. The molecule has 0 radical (unpaired) electrons. The Morgan fingerprint density at radius 2 is 1.83 bits per heavy atom.